The van der Waals surface area contributed by atoms with Gasteiger partial charge in [-0.05, 0) is 0 Å². The van der Waals surface area contributed by atoms with Crippen molar-refractivity contribution >= 4 is 32.5 Å². The van der Waals surface area contributed by atoms with Crippen molar-refractivity contribution in [3.63, 3.8) is 0 Å². The summed E-state index contributed by atoms with van der Waals surface area (Å²) in [6.45, 7) is 6.00. The van der Waals surface area contributed by atoms with Crippen LogP contribution in [-0.2, 0) is 4.79 Å². The van der Waals surface area contributed by atoms with Gasteiger partial charge in [-0.2, -0.15) is 0 Å². The number of allylic oxidation sites excluding steroid dienone is 1. The average molecular weight is 323 g/mol. The van der Waals surface area contributed by atoms with Crippen LogP contribution in [0.25, 0.3) is 0 Å². The molecule has 0 aromatic heterocycles. The second kappa shape index (κ2) is 4.58. The third-order valence-electron chi connectivity index (χ3n) is 3.62. The minimum atomic E-state index is -0.552. The molecule has 0 aromatic rings. The molecule has 1 saturated heterocycles. The van der Waals surface area contributed by atoms with Gasteiger partial charge < -0.3 is 0 Å². The molecular weight excluding hydrogens is 305 g/mol. The van der Waals surface area contributed by atoms with Crippen molar-refractivity contribution in [1.82, 2.24) is 5.32 Å². The fourth-order valence-electron chi connectivity index (χ4n) is 2.66. The number of aliphatic hydroxyl groups is 1. The summed E-state index contributed by atoms with van der Waals surface area (Å²) in [6.07, 6.45) is 0.260. The van der Waals surface area contributed by atoms with Crippen LogP contribution in [0.1, 0.15) is 27.2 Å². The summed E-state index contributed by atoms with van der Waals surface area (Å²) in [5, 5.41) is 13.3. The maximum absolute atomic E-state index is 12.0. The normalized spacial score (nSPS) is 33.5. The molecule has 2 heterocycles. The van der Waals surface area contributed by atoms with Crippen molar-refractivity contribution in [3.8, 4) is 0 Å². The van der Waals surface area contributed by atoms with Crippen molar-refractivity contribution in [2.75, 3.05) is 5.88 Å². The van der Waals surface area contributed by atoms with E-state index in [4.69, 9.17) is 11.6 Å². The Kier molecular flexibility index (Phi) is 3.61. The van der Waals surface area contributed by atoms with Gasteiger partial charge in [-0.3, -0.25) is 0 Å². The zero-order valence-electron chi connectivity index (χ0n) is 10.3. The number of halogens is 1. The summed E-state index contributed by atoms with van der Waals surface area (Å²) in [5.41, 5.74) is 1.25. The molecule has 0 bridgehead atoms. The summed E-state index contributed by atoms with van der Waals surface area (Å²) in [7, 11) is 0. The molecule has 1 amide bonds. The van der Waals surface area contributed by atoms with Crippen LogP contribution in [0.5, 0.6) is 0 Å². The van der Waals surface area contributed by atoms with Crippen LogP contribution in [0, 0.1) is 5.92 Å². The zero-order chi connectivity index (χ0) is 12.8. The van der Waals surface area contributed by atoms with Crippen LogP contribution in [0.4, 0.5) is 0 Å². The first-order valence-electron chi connectivity index (χ1n) is 5.88. The van der Waals surface area contributed by atoms with E-state index in [1.54, 1.807) is 0 Å². The summed E-state index contributed by atoms with van der Waals surface area (Å²) >= 11 is 5.85. The zero-order valence-corrected chi connectivity index (χ0v) is 12.8. The molecule has 17 heavy (non-hydrogen) atoms. The van der Waals surface area contributed by atoms with Gasteiger partial charge in [-0.1, -0.05) is 0 Å². The van der Waals surface area contributed by atoms with Crippen molar-refractivity contribution in [2.24, 2.45) is 5.92 Å². The number of carbonyl (C=O) groups excluding carboxylic acids is 1. The third-order valence-corrected chi connectivity index (χ3v) is 7.10. The van der Waals surface area contributed by atoms with Gasteiger partial charge in [0, 0.05) is 0 Å². The van der Waals surface area contributed by atoms with E-state index in [-0.39, 0.29) is 32.8 Å². The van der Waals surface area contributed by atoms with Crippen molar-refractivity contribution in [3.05, 3.63) is 10.0 Å². The van der Waals surface area contributed by atoms with Crippen LogP contribution >= 0.6 is 11.6 Å². The standard InChI is InChI=1S/C12H18ClNO2Se/c1-6(2)10(15)12-9(14-11(12)16)8(4-5-13)7(3)17-12/h6,9-10,15H,4-5H2,1-3H3,(H,14,16)/t9-,10-,12-/m0/s1. The van der Waals surface area contributed by atoms with E-state index < -0.39 is 10.4 Å². The number of hydrogen-bond acceptors (Lipinski definition) is 2. The average Bonchev–Trinajstić information content (AvgIpc) is 2.49. The molecule has 2 aliphatic heterocycles. The fourth-order valence-corrected chi connectivity index (χ4v) is 6.48. The summed E-state index contributed by atoms with van der Waals surface area (Å²) in [6, 6.07) is 0.0335. The molecule has 0 aliphatic carbocycles. The maximum atomic E-state index is 12.0. The Hall–Kier alpha value is -0.0205. The molecule has 3 atom stereocenters. The van der Waals surface area contributed by atoms with Gasteiger partial charge in [0.25, 0.3) is 0 Å². The Morgan fingerprint density at radius 3 is 2.71 bits per heavy atom. The molecule has 0 saturated carbocycles. The Morgan fingerprint density at radius 1 is 1.59 bits per heavy atom. The quantitative estimate of drug-likeness (QED) is 0.465. The van der Waals surface area contributed by atoms with Gasteiger partial charge >= 0.3 is 113 Å². The van der Waals surface area contributed by atoms with Crippen molar-refractivity contribution < 1.29 is 9.90 Å². The van der Waals surface area contributed by atoms with Gasteiger partial charge in [0.2, 0.25) is 0 Å². The van der Waals surface area contributed by atoms with Crippen LogP contribution in [0.2, 0.25) is 4.31 Å². The number of nitrogens with one attached hydrogen (secondary N) is 1. The molecule has 0 unspecified atom stereocenters. The van der Waals surface area contributed by atoms with E-state index in [2.05, 4.69) is 12.2 Å². The van der Waals surface area contributed by atoms with Gasteiger partial charge in [-0.25, -0.2) is 0 Å². The number of amides is 1. The minimum absolute atomic E-state index is 0.0209. The predicted octanol–water partition coefficient (Wildman–Crippen LogP) is 1.28. The number of aliphatic hydroxyl groups excluding tert-OH is 1. The van der Waals surface area contributed by atoms with E-state index in [0.29, 0.717) is 5.88 Å². The first kappa shape index (κ1) is 13.4. The second-order valence-electron chi connectivity index (χ2n) is 5.01. The van der Waals surface area contributed by atoms with Crippen molar-refractivity contribution in [1.29, 1.82) is 0 Å². The van der Waals surface area contributed by atoms with Crippen LogP contribution in [0.3, 0.4) is 0 Å². The summed E-state index contributed by atoms with van der Waals surface area (Å²) < 4.78 is 0.730. The van der Waals surface area contributed by atoms with E-state index in [9.17, 15) is 9.90 Å². The van der Waals surface area contributed by atoms with E-state index in [1.807, 2.05) is 13.8 Å². The first-order chi connectivity index (χ1) is 7.95. The second-order valence-corrected chi connectivity index (χ2v) is 8.52. The number of hydrogen-bond donors (Lipinski definition) is 2. The third kappa shape index (κ3) is 1.77. The number of alkyl halides is 1. The molecular formula is C12H18ClNO2Se. The summed E-state index contributed by atoms with van der Waals surface area (Å²) in [4.78, 5) is 12.0. The summed E-state index contributed by atoms with van der Waals surface area (Å²) in [5.74, 6) is 0.699. The number of β-lactam (4-membered cyclic amide) rings is 1. The molecule has 0 aromatic carbocycles. The Balaban J connectivity index is 2.29. The van der Waals surface area contributed by atoms with E-state index in [0.717, 1.165) is 6.42 Å². The fraction of sp³-hybridized carbons (Fsp3) is 0.750. The monoisotopic (exact) mass is 323 g/mol. The Morgan fingerprint density at radius 2 is 2.24 bits per heavy atom. The molecule has 1 fully saturated rings. The molecule has 5 heteroatoms. The van der Waals surface area contributed by atoms with E-state index in [1.165, 1.54) is 10.0 Å². The molecule has 2 rings (SSSR count). The topological polar surface area (TPSA) is 49.3 Å². The number of rotatable bonds is 4. The molecule has 0 spiro atoms. The molecule has 0 radical (unpaired) electrons. The molecule has 2 N–H and O–H groups in total. The van der Waals surface area contributed by atoms with Crippen LogP contribution in [-0.4, -0.2) is 44.0 Å². The SMILES string of the molecule is CC1=C(CCCl)[C@@H]2NC(=O)[C@]2([C@@H](O)C(C)C)[Se]1. The predicted molar refractivity (Wildman–Crippen MR) is 69.3 cm³/mol. The van der Waals surface area contributed by atoms with E-state index >= 15 is 0 Å². The van der Waals surface area contributed by atoms with Gasteiger partial charge in [0.1, 0.15) is 0 Å². The van der Waals surface area contributed by atoms with Gasteiger partial charge in [0.15, 0.2) is 0 Å². The van der Waals surface area contributed by atoms with Gasteiger partial charge in [-0.15, -0.1) is 0 Å². The van der Waals surface area contributed by atoms with Gasteiger partial charge in [0.05, 0.1) is 0 Å². The van der Waals surface area contributed by atoms with Crippen LogP contribution < -0.4 is 5.32 Å². The van der Waals surface area contributed by atoms with Crippen molar-refractivity contribution in [2.45, 2.75) is 43.7 Å². The number of carbonyl (C=O) groups is 1. The Labute approximate surface area is 113 Å². The first-order valence-corrected chi connectivity index (χ1v) is 8.13. The number of fused-ring (bicyclic) bond motifs is 1. The Bertz CT molecular complexity index is 383. The molecule has 96 valence electrons. The molecule has 3 nitrogen and oxygen atoms in total. The van der Waals surface area contributed by atoms with Crippen LogP contribution in [0.15, 0.2) is 10.0 Å². The molecule has 2 aliphatic rings.